The standard InChI is InChI=1S/C46H31NS/c1-2-10-32(11-3-1)33-20-25-38(26-21-33)47(40-15-8-14-37(30-40)42-18-9-13-35-12-4-5-16-41(35)42)39-27-22-34(23-28-39)36-24-29-44-43-17-6-7-19-45(43)48-46(44)31-36/h1-31H. The van der Waals surface area contributed by atoms with Crippen LogP contribution < -0.4 is 4.90 Å². The summed E-state index contributed by atoms with van der Waals surface area (Å²) in [6.45, 7) is 0. The highest BCUT2D eigenvalue weighted by Gasteiger charge is 2.15. The van der Waals surface area contributed by atoms with E-state index in [0.29, 0.717) is 0 Å². The van der Waals surface area contributed by atoms with Crippen molar-refractivity contribution in [3.05, 3.63) is 188 Å². The fourth-order valence-corrected chi connectivity index (χ4v) is 8.02. The largest absolute Gasteiger partial charge is 0.310 e. The summed E-state index contributed by atoms with van der Waals surface area (Å²) < 4.78 is 2.66. The second kappa shape index (κ2) is 12.0. The van der Waals surface area contributed by atoms with Crippen molar-refractivity contribution in [1.29, 1.82) is 0 Å². The molecule has 0 bridgehead atoms. The molecule has 2 heteroatoms. The SMILES string of the molecule is c1ccc(-c2ccc(N(c3ccc(-c4ccc5c(c4)sc4ccccc45)cc3)c3cccc(-c4cccc5ccccc45)c3)cc2)cc1. The van der Waals surface area contributed by atoms with Crippen LogP contribution in [0.4, 0.5) is 17.1 Å². The van der Waals surface area contributed by atoms with Crippen molar-refractivity contribution in [3.8, 4) is 33.4 Å². The van der Waals surface area contributed by atoms with Crippen LogP contribution in [0.5, 0.6) is 0 Å². The molecule has 48 heavy (non-hydrogen) atoms. The van der Waals surface area contributed by atoms with Crippen LogP contribution in [0, 0.1) is 0 Å². The lowest BCUT2D eigenvalue weighted by Gasteiger charge is -2.26. The first-order chi connectivity index (χ1) is 23.8. The number of hydrogen-bond donors (Lipinski definition) is 0. The van der Waals surface area contributed by atoms with Gasteiger partial charge in [-0.2, -0.15) is 0 Å². The summed E-state index contributed by atoms with van der Waals surface area (Å²) in [6, 6.07) is 68.1. The maximum Gasteiger partial charge on any atom is 0.0467 e. The molecule has 0 N–H and O–H groups in total. The number of anilines is 3. The maximum atomic E-state index is 2.36. The number of hydrogen-bond acceptors (Lipinski definition) is 2. The van der Waals surface area contributed by atoms with E-state index in [1.165, 1.54) is 64.3 Å². The summed E-state index contributed by atoms with van der Waals surface area (Å²) >= 11 is 1.86. The van der Waals surface area contributed by atoms with Gasteiger partial charge in [0.05, 0.1) is 0 Å². The van der Waals surface area contributed by atoms with Crippen molar-refractivity contribution >= 4 is 59.3 Å². The number of benzene rings is 8. The van der Waals surface area contributed by atoms with E-state index in [1.54, 1.807) is 0 Å². The molecule has 1 nitrogen and oxygen atoms in total. The zero-order chi connectivity index (χ0) is 31.9. The molecule has 0 aliphatic heterocycles. The average molecular weight is 630 g/mol. The van der Waals surface area contributed by atoms with Crippen LogP contribution in [0.25, 0.3) is 64.3 Å². The topological polar surface area (TPSA) is 3.24 Å². The molecule has 9 rings (SSSR count). The van der Waals surface area contributed by atoms with Gasteiger partial charge in [-0.05, 0) is 92.7 Å². The number of fused-ring (bicyclic) bond motifs is 4. The predicted octanol–water partition coefficient (Wildman–Crippen LogP) is 13.7. The van der Waals surface area contributed by atoms with Crippen LogP contribution in [0.3, 0.4) is 0 Å². The van der Waals surface area contributed by atoms with Crippen molar-refractivity contribution in [2.45, 2.75) is 0 Å². The molecule has 0 saturated heterocycles. The van der Waals surface area contributed by atoms with Crippen LogP contribution in [0.2, 0.25) is 0 Å². The molecule has 9 aromatic rings. The van der Waals surface area contributed by atoms with Crippen molar-refractivity contribution in [2.75, 3.05) is 4.90 Å². The normalized spacial score (nSPS) is 11.3. The van der Waals surface area contributed by atoms with E-state index in [4.69, 9.17) is 0 Å². The van der Waals surface area contributed by atoms with Gasteiger partial charge in [0, 0.05) is 37.2 Å². The fourth-order valence-electron chi connectivity index (χ4n) is 6.88. The summed E-state index contributed by atoms with van der Waals surface area (Å²) in [4.78, 5) is 2.36. The van der Waals surface area contributed by atoms with E-state index in [1.807, 2.05) is 11.3 Å². The molecule has 0 amide bonds. The van der Waals surface area contributed by atoms with Crippen LogP contribution in [-0.4, -0.2) is 0 Å². The second-order valence-corrected chi connectivity index (χ2v) is 13.3. The lowest BCUT2D eigenvalue weighted by Crippen LogP contribution is -2.10. The molecule has 1 aromatic heterocycles. The fraction of sp³-hybridized carbons (Fsp3) is 0. The molecule has 226 valence electrons. The molecule has 0 atom stereocenters. The third-order valence-corrected chi connectivity index (χ3v) is 10.4. The second-order valence-electron chi connectivity index (χ2n) is 12.2. The first kappa shape index (κ1) is 28.3. The Morgan fingerprint density at radius 2 is 0.875 bits per heavy atom. The lowest BCUT2D eigenvalue weighted by atomic mass is 9.97. The molecule has 0 radical (unpaired) electrons. The van der Waals surface area contributed by atoms with Gasteiger partial charge in [0.1, 0.15) is 0 Å². The molecule has 1 heterocycles. The van der Waals surface area contributed by atoms with E-state index in [9.17, 15) is 0 Å². The van der Waals surface area contributed by atoms with E-state index in [-0.39, 0.29) is 0 Å². The summed E-state index contributed by atoms with van der Waals surface area (Å²) in [5, 5.41) is 5.17. The average Bonchev–Trinajstić information content (AvgIpc) is 3.54. The maximum absolute atomic E-state index is 2.36. The van der Waals surface area contributed by atoms with Crippen LogP contribution >= 0.6 is 11.3 Å². The van der Waals surface area contributed by atoms with Crippen molar-refractivity contribution in [3.63, 3.8) is 0 Å². The summed E-state index contributed by atoms with van der Waals surface area (Å²) in [6.07, 6.45) is 0. The van der Waals surface area contributed by atoms with Crippen molar-refractivity contribution in [2.24, 2.45) is 0 Å². The Morgan fingerprint density at radius 3 is 1.67 bits per heavy atom. The first-order valence-corrected chi connectivity index (χ1v) is 17.2. The summed E-state index contributed by atoms with van der Waals surface area (Å²) in [5.74, 6) is 0. The Morgan fingerprint density at radius 1 is 0.312 bits per heavy atom. The molecular weight excluding hydrogens is 599 g/mol. The van der Waals surface area contributed by atoms with Gasteiger partial charge in [-0.25, -0.2) is 0 Å². The van der Waals surface area contributed by atoms with Crippen LogP contribution in [0.15, 0.2) is 188 Å². The molecule has 0 spiro atoms. The van der Waals surface area contributed by atoms with Gasteiger partial charge >= 0.3 is 0 Å². The van der Waals surface area contributed by atoms with Gasteiger partial charge in [-0.15, -0.1) is 11.3 Å². The molecule has 0 aliphatic rings. The predicted molar refractivity (Wildman–Crippen MR) is 208 cm³/mol. The zero-order valence-corrected chi connectivity index (χ0v) is 27.1. The molecule has 8 aromatic carbocycles. The highest BCUT2D eigenvalue weighted by molar-refractivity contribution is 7.25. The van der Waals surface area contributed by atoms with E-state index >= 15 is 0 Å². The molecule has 0 aliphatic carbocycles. The van der Waals surface area contributed by atoms with Gasteiger partial charge in [-0.1, -0.05) is 140 Å². The van der Waals surface area contributed by atoms with E-state index < -0.39 is 0 Å². The van der Waals surface area contributed by atoms with E-state index in [2.05, 4.69) is 193 Å². The van der Waals surface area contributed by atoms with Gasteiger partial charge in [0.2, 0.25) is 0 Å². The minimum absolute atomic E-state index is 1.11. The van der Waals surface area contributed by atoms with Crippen LogP contribution in [-0.2, 0) is 0 Å². The highest BCUT2D eigenvalue weighted by Crippen LogP contribution is 2.40. The van der Waals surface area contributed by atoms with Gasteiger partial charge in [-0.3, -0.25) is 0 Å². The third-order valence-electron chi connectivity index (χ3n) is 9.28. The Bertz CT molecular complexity index is 2540. The number of rotatable bonds is 6. The Labute approximate surface area is 284 Å². The minimum Gasteiger partial charge on any atom is -0.310 e. The first-order valence-electron chi connectivity index (χ1n) is 16.3. The third kappa shape index (κ3) is 5.13. The quantitative estimate of drug-likeness (QED) is 0.177. The Balaban J connectivity index is 1.13. The molecule has 0 unspecified atom stereocenters. The van der Waals surface area contributed by atoms with Crippen LogP contribution in [0.1, 0.15) is 0 Å². The smallest absolute Gasteiger partial charge is 0.0467 e. The molecular formula is C46H31NS. The van der Waals surface area contributed by atoms with Crippen molar-refractivity contribution < 1.29 is 0 Å². The van der Waals surface area contributed by atoms with Gasteiger partial charge in [0.15, 0.2) is 0 Å². The van der Waals surface area contributed by atoms with E-state index in [0.717, 1.165) is 17.1 Å². The monoisotopic (exact) mass is 629 g/mol. The lowest BCUT2D eigenvalue weighted by molar-refractivity contribution is 1.28. The van der Waals surface area contributed by atoms with Gasteiger partial charge in [0.25, 0.3) is 0 Å². The Kier molecular flexibility index (Phi) is 7.07. The number of thiophene rings is 1. The Hall–Kier alpha value is -5.96. The minimum atomic E-state index is 1.11. The zero-order valence-electron chi connectivity index (χ0n) is 26.3. The summed E-state index contributed by atoms with van der Waals surface area (Å²) in [5.41, 5.74) is 10.6. The molecule has 0 saturated carbocycles. The molecule has 0 fully saturated rings. The van der Waals surface area contributed by atoms with Gasteiger partial charge < -0.3 is 4.90 Å². The summed E-state index contributed by atoms with van der Waals surface area (Å²) in [7, 11) is 0. The highest BCUT2D eigenvalue weighted by atomic mass is 32.1. The van der Waals surface area contributed by atoms with Crippen molar-refractivity contribution in [1.82, 2.24) is 0 Å². The number of nitrogens with zero attached hydrogens (tertiary/aromatic N) is 1.